The standard InChI is InChI=1S/C16H25FN2O/c1-16(2,3)18-11-12-4-5-15(14(17)10-12)19-8-6-13(20)7-9-19/h4-5,10,13,18,20H,6-9,11H2,1-3H3. The zero-order chi connectivity index (χ0) is 14.8. The lowest BCUT2D eigenvalue weighted by atomic mass is 10.1. The average Bonchev–Trinajstić information content (AvgIpc) is 2.37. The molecule has 2 rings (SSSR count). The fourth-order valence-corrected chi connectivity index (χ4v) is 2.39. The van der Waals surface area contributed by atoms with Crippen LogP contribution in [-0.4, -0.2) is 29.8 Å². The maximum absolute atomic E-state index is 14.2. The number of hydrogen-bond donors (Lipinski definition) is 2. The largest absolute Gasteiger partial charge is 0.393 e. The van der Waals surface area contributed by atoms with Gasteiger partial charge in [0.2, 0.25) is 0 Å². The van der Waals surface area contributed by atoms with Gasteiger partial charge in [-0.1, -0.05) is 6.07 Å². The van der Waals surface area contributed by atoms with Crippen LogP contribution in [0.1, 0.15) is 39.2 Å². The number of benzene rings is 1. The van der Waals surface area contributed by atoms with Crippen LogP contribution in [-0.2, 0) is 6.54 Å². The molecule has 1 saturated heterocycles. The molecule has 4 heteroatoms. The summed E-state index contributed by atoms with van der Waals surface area (Å²) in [5.74, 6) is -0.172. The van der Waals surface area contributed by atoms with Gasteiger partial charge in [-0.05, 0) is 51.3 Å². The number of hydrogen-bond acceptors (Lipinski definition) is 3. The molecule has 1 aliphatic heterocycles. The van der Waals surface area contributed by atoms with Crippen molar-refractivity contribution in [1.29, 1.82) is 0 Å². The van der Waals surface area contributed by atoms with Crippen LogP contribution in [0.4, 0.5) is 10.1 Å². The zero-order valence-electron chi connectivity index (χ0n) is 12.6. The van der Waals surface area contributed by atoms with Gasteiger partial charge in [0.1, 0.15) is 5.82 Å². The quantitative estimate of drug-likeness (QED) is 0.893. The van der Waals surface area contributed by atoms with Crippen molar-refractivity contribution in [2.75, 3.05) is 18.0 Å². The van der Waals surface area contributed by atoms with Crippen LogP contribution in [0.15, 0.2) is 18.2 Å². The SMILES string of the molecule is CC(C)(C)NCc1ccc(N2CCC(O)CC2)c(F)c1. The number of halogens is 1. The Morgan fingerprint density at radius 2 is 1.95 bits per heavy atom. The highest BCUT2D eigenvalue weighted by Crippen LogP contribution is 2.24. The Bertz CT molecular complexity index is 448. The van der Waals surface area contributed by atoms with Gasteiger partial charge >= 0.3 is 0 Å². The molecule has 0 atom stereocenters. The van der Waals surface area contributed by atoms with Crippen molar-refractivity contribution in [2.45, 2.75) is 51.8 Å². The van der Waals surface area contributed by atoms with Crippen molar-refractivity contribution < 1.29 is 9.50 Å². The fourth-order valence-electron chi connectivity index (χ4n) is 2.39. The summed E-state index contributed by atoms with van der Waals surface area (Å²) in [6, 6.07) is 5.44. The smallest absolute Gasteiger partial charge is 0.146 e. The molecule has 0 radical (unpaired) electrons. The van der Waals surface area contributed by atoms with E-state index in [2.05, 4.69) is 26.1 Å². The molecule has 112 valence electrons. The summed E-state index contributed by atoms with van der Waals surface area (Å²) < 4.78 is 14.2. The van der Waals surface area contributed by atoms with Crippen LogP contribution in [0.5, 0.6) is 0 Å². The molecule has 0 amide bonds. The summed E-state index contributed by atoms with van der Waals surface area (Å²) >= 11 is 0. The second-order valence-electron chi connectivity index (χ2n) is 6.61. The first kappa shape index (κ1) is 15.3. The molecule has 0 bridgehead atoms. The molecule has 0 aromatic heterocycles. The third kappa shape index (κ3) is 4.18. The lowest BCUT2D eigenvalue weighted by molar-refractivity contribution is 0.145. The number of nitrogens with one attached hydrogen (secondary N) is 1. The Morgan fingerprint density at radius 1 is 1.30 bits per heavy atom. The highest BCUT2D eigenvalue weighted by Gasteiger charge is 2.19. The van der Waals surface area contributed by atoms with Crippen LogP contribution in [0.2, 0.25) is 0 Å². The first-order chi connectivity index (χ1) is 9.35. The Balaban J connectivity index is 2.02. The molecule has 0 aliphatic carbocycles. The fraction of sp³-hybridized carbons (Fsp3) is 0.625. The van der Waals surface area contributed by atoms with Crippen LogP contribution < -0.4 is 10.2 Å². The first-order valence-corrected chi connectivity index (χ1v) is 7.31. The molecule has 2 N–H and O–H groups in total. The number of aliphatic hydroxyl groups excluding tert-OH is 1. The summed E-state index contributed by atoms with van der Waals surface area (Å²) in [4.78, 5) is 2.02. The predicted octanol–water partition coefficient (Wildman–Crippen LogP) is 2.67. The van der Waals surface area contributed by atoms with E-state index >= 15 is 0 Å². The van der Waals surface area contributed by atoms with Crippen molar-refractivity contribution in [3.8, 4) is 0 Å². The van der Waals surface area contributed by atoms with E-state index in [1.807, 2.05) is 17.0 Å². The number of rotatable bonds is 3. The van der Waals surface area contributed by atoms with Gasteiger partial charge in [-0.25, -0.2) is 4.39 Å². The molecule has 0 unspecified atom stereocenters. The van der Waals surface area contributed by atoms with Gasteiger partial charge in [0.25, 0.3) is 0 Å². The molecule has 1 heterocycles. The predicted molar refractivity (Wildman–Crippen MR) is 80.4 cm³/mol. The van der Waals surface area contributed by atoms with E-state index in [0.717, 1.165) is 18.7 Å². The Morgan fingerprint density at radius 3 is 2.50 bits per heavy atom. The molecule has 0 saturated carbocycles. The van der Waals surface area contributed by atoms with Crippen molar-refractivity contribution >= 4 is 5.69 Å². The number of aliphatic hydroxyl groups is 1. The molecule has 1 aromatic carbocycles. The van der Waals surface area contributed by atoms with E-state index in [9.17, 15) is 9.50 Å². The highest BCUT2D eigenvalue weighted by molar-refractivity contribution is 5.49. The third-order valence-corrected chi connectivity index (χ3v) is 3.64. The normalized spacial score (nSPS) is 17.6. The van der Waals surface area contributed by atoms with Crippen molar-refractivity contribution in [3.05, 3.63) is 29.6 Å². The Kier molecular flexibility index (Phi) is 4.66. The van der Waals surface area contributed by atoms with Gasteiger partial charge in [0.05, 0.1) is 11.8 Å². The number of nitrogens with zero attached hydrogens (tertiary/aromatic N) is 1. The molecular formula is C16H25FN2O. The molecule has 1 fully saturated rings. The maximum Gasteiger partial charge on any atom is 0.146 e. The van der Waals surface area contributed by atoms with E-state index in [-0.39, 0.29) is 17.5 Å². The van der Waals surface area contributed by atoms with Crippen LogP contribution in [0, 0.1) is 5.82 Å². The molecule has 3 nitrogen and oxygen atoms in total. The van der Waals surface area contributed by atoms with E-state index in [4.69, 9.17) is 0 Å². The Labute approximate surface area is 120 Å². The summed E-state index contributed by atoms with van der Waals surface area (Å²) in [6.45, 7) is 8.39. The minimum absolute atomic E-state index is 0.0259. The molecule has 20 heavy (non-hydrogen) atoms. The topological polar surface area (TPSA) is 35.5 Å². The lowest BCUT2D eigenvalue weighted by Crippen LogP contribution is -2.36. The van der Waals surface area contributed by atoms with Crippen molar-refractivity contribution in [3.63, 3.8) is 0 Å². The minimum Gasteiger partial charge on any atom is -0.393 e. The van der Waals surface area contributed by atoms with Gasteiger partial charge in [-0.2, -0.15) is 0 Å². The molecule has 0 spiro atoms. The second-order valence-corrected chi connectivity index (χ2v) is 6.61. The van der Waals surface area contributed by atoms with E-state index < -0.39 is 0 Å². The van der Waals surface area contributed by atoms with Gasteiger partial charge in [0.15, 0.2) is 0 Å². The molecular weight excluding hydrogens is 255 g/mol. The van der Waals surface area contributed by atoms with Gasteiger partial charge in [0, 0.05) is 25.2 Å². The van der Waals surface area contributed by atoms with Crippen molar-refractivity contribution in [2.24, 2.45) is 0 Å². The summed E-state index contributed by atoms with van der Waals surface area (Å²) in [7, 11) is 0. The third-order valence-electron chi connectivity index (χ3n) is 3.64. The van der Waals surface area contributed by atoms with Crippen LogP contribution in [0.3, 0.4) is 0 Å². The van der Waals surface area contributed by atoms with Gasteiger partial charge < -0.3 is 15.3 Å². The molecule has 1 aliphatic rings. The Hall–Kier alpha value is -1.13. The molecule has 1 aromatic rings. The van der Waals surface area contributed by atoms with Crippen molar-refractivity contribution in [1.82, 2.24) is 5.32 Å². The van der Waals surface area contributed by atoms with E-state index in [0.29, 0.717) is 25.1 Å². The first-order valence-electron chi connectivity index (χ1n) is 7.31. The number of piperidine rings is 1. The maximum atomic E-state index is 14.2. The zero-order valence-corrected chi connectivity index (χ0v) is 12.6. The minimum atomic E-state index is -0.232. The van der Waals surface area contributed by atoms with Crippen LogP contribution in [0.25, 0.3) is 0 Å². The lowest BCUT2D eigenvalue weighted by Gasteiger charge is -2.31. The van der Waals surface area contributed by atoms with Gasteiger partial charge in [-0.3, -0.25) is 0 Å². The van der Waals surface area contributed by atoms with Crippen LogP contribution >= 0.6 is 0 Å². The monoisotopic (exact) mass is 280 g/mol. The summed E-state index contributed by atoms with van der Waals surface area (Å²) in [6.07, 6.45) is 1.20. The summed E-state index contributed by atoms with van der Waals surface area (Å²) in [5, 5.41) is 12.9. The number of anilines is 1. The van der Waals surface area contributed by atoms with Gasteiger partial charge in [-0.15, -0.1) is 0 Å². The van der Waals surface area contributed by atoms with E-state index in [1.165, 1.54) is 0 Å². The second kappa shape index (κ2) is 6.10. The highest BCUT2D eigenvalue weighted by atomic mass is 19.1. The van der Waals surface area contributed by atoms with E-state index in [1.54, 1.807) is 6.07 Å². The summed E-state index contributed by atoms with van der Waals surface area (Å²) in [5.41, 5.74) is 1.63. The average molecular weight is 280 g/mol.